The van der Waals surface area contributed by atoms with Crippen LogP contribution in [0, 0.1) is 13.8 Å². The fourth-order valence-electron chi connectivity index (χ4n) is 4.42. The van der Waals surface area contributed by atoms with E-state index in [4.69, 9.17) is 9.72 Å². The Kier molecular flexibility index (Phi) is 7.69. The van der Waals surface area contributed by atoms with Crippen molar-refractivity contribution in [3.63, 3.8) is 0 Å². The van der Waals surface area contributed by atoms with E-state index in [1.165, 1.54) is 23.0 Å². The van der Waals surface area contributed by atoms with Crippen molar-refractivity contribution in [3.05, 3.63) is 47.3 Å². The summed E-state index contributed by atoms with van der Waals surface area (Å²) in [5.74, 6) is 0.513. The number of rotatable bonds is 8. The third-order valence-electron chi connectivity index (χ3n) is 6.37. The molecule has 1 N–H and O–H groups in total. The van der Waals surface area contributed by atoms with Crippen molar-refractivity contribution in [2.45, 2.75) is 69.9 Å². The third kappa shape index (κ3) is 6.11. The topological polar surface area (TPSA) is 59.4 Å². The minimum absolute atomic E-state index is 0.105. The number of nitrogens with one attached hydrogen (secondary N) is 1. The number of aromatic nitrogens is 2. The van der Waals surface area contributed by atoms with Crippen LogP contribution in [0.3, 0.4) is 0 Å². The molecule has 2 aromatic rings. The summed E-state index contributed by atoms with van der Waals surface area (Å²) in [6.07, 6.45) is 4.52. The van der Waals surface area contributed by atoms with Crippen LogP contribution in [0.25, 0.3) is 0 Å². The highest BCUT2D eigenvalue weighted by molar-refractivity contribution is 7.99. The first-order valence-corrected chi connectivity index (χ1v) is 12.4. The van der Waals surface area contributed by atoms with Gasteiger partial charge in [0.05, 0.1) is 24.1 Å². The van der Waals surface area contributed by atoms with E-state index in [1.807, 2.05) is 6.92 Å². The maximum absolute atomic E-state index is 12.6. The van der Waals surface area contributed by atoms with Gasteiger partial charge in [0.2, 0.25) is 5.91 Å². The first-order valence-electron chi connectivity index (χ1n) is 11.4. The Labute approximate surface area is 189 Å². The maximum atomic E-state index is 12.6. The van der Waals surface area contributed by atoms with Crippen molar-refractivity contribution in [1.29, 1.82) is 0 Å². The number of thioether (sulfide) groups is 1. The number of carbonyl (C=O) groups is 1. The summed E-state index contributed by atoms with van der Waals surface area (Å²) in [5, 5.41) is 4.17. The third-order valence-corrected chi connectivity index (χ3v) is 7.34. The molecule has 1 amide bonds. The fraction of sp³-hybridized carbons (Fsp3) is 0.583. The standard InChI is InChI=1S/C24H34N4O2S/c1-18-19(2)28(16-22-9-6-14-30-22)24(25-18)31-17-23(29)26-21-10-12-27(13-11-21)15-20-7-4-3-5-8-20/h3-5,7-8,21-22H,6,9-17H2,1-2H3,(H,26,29). The zero-order valence-corrected chi connectivity index (χ0v) is 19.5. The van der Waals surface area contributed by atoms with Crippen molar-refractivity contribution in [3.8, 4) is 0 Å². The van der Waals surface area contributed by atoms with Crippen molar-refractivity contribution in [2.75, 3.05) is 25.4 Å². The summed E-state index contributed by atoms with van der Waals surface area (Å²) < 4.78 is 8.03. The van der Waals surface area contributed by atoms with Gasteiger partial charge in [-0.2, -0.15) is 0 Å². The molecule has 0 saturated carbocycles. The molecule has 1 aromatic carbocycles. The van der Waals surface area contributed by atoms with Crippen molar-refractivity contribution in [2.24, 2.45) is 0 Å². The van der Waals surface area contributed by atoms with Crippen LogP contribution >= 0.6 is 11.8 Å². The van der Waals surface area contributed by atoms with Gasteiger partial charge in [-0.15, -0.1) is 0 Å². The second kappa shape index (κ2) is 10.7. The molecule has 3 heterocycles. The molecule has 168 valence electrons. The van der Waals surface area contributed by atoms with Gasteiger partial charge in [-0.05, 0) is 45.1 Å². The predicted octanol–water partition coefficient (Wildman–Crippen LogP) is 3.55. The van der Waals surface area contributed by atoms with E-state index in [-0.39, 0.29) is 18.1 Å². The minimum atomic E-state index is 0.105. The Morgan fingerprint density at radius 3 is 2.68 bits per heavy atom. The Morgan fingerprint density at radius 1 is 1.19 bits per heavy atom. The Hall–Kier alpha value is -1.83. The largest absolute Gasteiger partial charge is 0.376 e. The van der Waals surface area contributed by atoms with Gasteiger partial charge < -0.3 is 14.6 Å². The lowest BCUT2D eigenvalue weighted by atomic mass is 10.0. The monoisotopic (exact) mass is 442 g/mol. The number of ether oxygens (including phenoxy) is 1. The van der Waals surface area contributed by atoms with E-state index in [2.05, 4.69) is 52.0 Å². The zero-order chi connectivity index (χ0) is 21.6. The Morgan fingerprint density at radius 2 is 1.97 bits per heavy atom. The Balaban J connectivity index is 1.22. The van der Waals surface area contributed by atoms with Crippen molar-refractivity contribution < 1.29 is 9.53 Å². The van der Waals surface area contributed by atoms with Gasteiger partial charge in [-0.3, -0.25) is 9.69 Å². The number of hydrogen-bond donors (Lipinski definition) is 1. The van der Waals surface area contributed by atoms with Crippen molar-refractivity contribution in [1.82, 2.24) is 19.8 Å². The van der Waals surface area contributed by atoms with Crippen LogP contribution in [0.1, 0.15) is 42.6 Å². The van der Waals surface area contributed by atoms with Gasteiger partial charge >= 0.3 is 0 Å². The van der Waals surface area contributed by atoms with Crippen LogP contribution < -0.4 is 5.32 Å². The van der Waals surface area contributed by atoms with Gasteiger partial charge in [-0.25, -0.2) is 4.98 Å². The van der Waals surface area contributed by atoms with Crippen LogP contribution in [0.2, 0.25) is 0 Å². The molecule has 1 aromatic heterocycles. The number of piperidine rings is 1. The SMILES string of the molecule is Cc1nc(SCC(=O)NC2CCN(Cc3ccccc3)CC2)n(CC2CCCO2)c1C. The van der Waals surface area contributed by atoms with Gasteiger partial charge in [0.25, 0.3) is 0 Å². The van der Waals surface area contributed by atoms with E-state index in [0.717, 1.165) is 69.3 Å². The second-order valence-corrected chi connectivity index (χ2v) is 9.65. The summed E-state index contributed by atoms with van der Waals surface area (Å²) in [6.45, 7) is 8.86. The van der Waals surface area contributed by atoms with Crippen LogP contribution in [0.15, 0.2) is 35.5 Å². The summed E-state index contributed by atoms with van der Waals surface area (Å²) in [5.41, 5.74) is 3.56. The first kappa shape index (κ1) is 22.4. The molecule has 4 rings (SSSR count). The average Bonchev–Trinajstić information content (AvgIpc) is 3.38. The molecule has 31 heavy (non-hydrogen) atoms. The van der Waals surface area contributed by atoms with Crippen molar-refractivity contribution >= 4 is 17.7 Å². The molecular weight excluding hydrogens is 408 g/mol. The summed E-state index contributed by atoms with van der Waals surface area (Å²) in [4.78, 5) is 19.8. The van der Waals surface area contributed by atoms with Crippen LogP contribution in [-0.2, 0) is 22.6 Å². The van der Waals surface area contributed by atoms with E-state index in [9.17, 15) is 4.79 Å². The lowest BCUT2D eigenvalue weighted by Crippen LogP contribution is -2.44. The summed E-state index contributed by atoms with van der Waals surface area (Å²) in [6, 6.07) is 10.9. The molecular formula is C24H34N4O2S. The van der Waals surface area contributed by atoms with E-state index in [1.54, 1.807) is 0 Å². The zero-order valence-electron chi connectivity index (χ0n) is 18.7. The average molecular weight is 443 g/mol. The molecule has 0 aliphatic carbocycles. The molecule has 1 unspecified atom stereocenters. The second-order valence-electron chi connectivity index (χ2n) is 8.70. The number of amides is 1. The van der Waals surface area contributed by atoms with Crippen LogP contribution in [0.5, 0.6) is 0 Å². The van der Waals surface area contributed by atoms with E-state index >= 15 is 0 Å². The lowest BCUT2D eigenvalue weighted by molar-refractivity contribution is -0.119. The smallest absolute Gasteiger partial charge is 0.230 e. The number of carbonyl (C=O) groups excluding carboxylic acids is 1. The van der Waals surface area contributed by atoms with E-state index in [0.29, 0.717) is 5.75 Å². The molecule has 6 nitrogen and oxygen atoms in total. The summed E-state index contributed by atoms with van der Waals surface area (Å²) >= 11 is 1.54. The quantitative estimate of drug-likeness (QED) is 0.634. The normalized spacial score (nSPS) is 20.3. The Bertz CT molecular complexity index is 856. The number of nitrogens with zero attached hydrogens (tertiary/aromatic N) is 3. The maximum Gasteiger partial charge on any atom is 0.230 e. The first-order chi connectivity index (χ1) is 15.1. The molecule has 2 saturated heterocycles. The minimum Gasteiger partial charge on any atom is -0.376 e. The molecule has 2 aliphatic heterocycles. The molecule has 7 heteroatoms. The highest BCUT2D eigenvalue weighted by Crippen LogP contribution is 2.24. The predicted molar refractivity (Wildman–Crippen MR) is 124 cm³/mol. The van der Waals surface area contributed by atoms with Gasteiger partial charge in [0, 0.05) is 38.0 Å². The highest BCUT2D eigenvalue weighted by atomic mass is 32.2. The van der Waals surface area contributed by atoms with Gasteiger partial charge in [0.15, 0.2) is 5.16 Å². The number of hydrogen-bond acceptors (Lipinski definition) is 5. The van der Waals surface area contributed by atoms with Gasteiger partial charge in [-0.1, -0.05) is 42.1 Å². The van der Waals surface area contributed by atoms with Crippen LogP contribution in [0.4, 0.5) is 0 Å². The number of benzene rings is 1. The highest BCUT2D eigenvalue weighted by Gasteiger charge is 2.23. The van der Waals surface area contributed by atoms with E-state index < -0.39 is 0 Å². The molecule has 2 fully saturated rings. The fourth-order valence-corrected chi connectivity index (χ4v) is 5.33. The molecule has 0 spiro atoms. The number of imidazole rings is 1. The van der Waals surface area contributed by atoms with Gasteiger partial charge in [0.1, 0.15) is 0 Å². The van der Waals surface area contributed by atoms with Crippen LogP contribution in [-0.4, -0.2) is 58.0 Å². The summed E-state index contributed by atoms with van der Waals surface area (Å²) in [7, 11) is 0. The molecule has 1 atom stereocenters. The molecule has 0 bridgehead atoms. The number of aryl methyl sites for hydroxylation is 1. The lowest BCUT2D eigenvalue weighted by Gasteiger charge is -2.32. The molecule has 0 radical (unpaired) electrons. The molecule has 2 aliphatic rings. The number of likely N-dealkylation sites (tertiary alicyclic amines) is 1.